The van der Waals surface area contributed by atoms with Crippen molar-refractivity contribution in [3.05, 3.63) is 12.2 Å². The van der Waals surface area contributed by atoms with E-state index >= 15 is 0 Å². The van der Waals surface area contributed by atoms with Gasteiger partial charge in [-0.25, -0.2) is 0 Å². The summed E-state index contributed by atoms with van der Waals surface area (Å²) in [7, 11) is 0. The molecule has 0 saturated heterocycles. The van der Waals surface area contributed by atoms with Gasteiger partial charge in [0.15, 0.2) is 0 Å². The maximum atomic E-state index is 11.3. The van der Waals surface area contributed by atoms with Gasteiger partial charge in [0, 0.05) is 19.3 Å². The van der Waals surface area contributed by atoms with Crippen molar-refractivity contribution in [2.45, 2.75) is 79.1 Å². The number of hydrogen-bond acceptors (Lipinski definition) is 3. The Kier molecular flexibility index (Phi) is 14.9. The van der Waals surface area contributed by atoms with Crippen molar-refractivity contribution < 1.29 is 34.2 Å². The number of nitrogens with zero attached hydrogens (tertiary/aromatic N) is 1. The summed E-state index contributed by atoms with van der Waals surface area (Å²) in [5.41, 5.74) is 0. The van der Waals surface area contributed by atoms with E-state index in [1.165, 1.54) is 0 Å². The van der Waals surface area contributed by atoms with Crippen molar-refractivity contribution in [1.82, 2.24) is 0 Å². The molecule has 0 amide bonds. The van der Waals surface area contributed by atoms with Crippen molar-refractivity contribution in [3.8, 4) is 0 Å². The molecule has 180 valence electrons. The molecule has 0 heterocycles. The molecule has 0 aliphatic heterocycles. The van der Waals surface area contributed by atoms with Crippen LogP contribution in [0.25, 0.3) is 0 Å². The summed E-state index contributed by atoms with van der Waals surface area (Å²) in [4.78, 5) is 34.0. The van der Waals surface area contributed by atoms with Crippen molar-refractivity contribution in [3.63, 3.8) is 0 Å². The fraction of sp³-hybridized carbons (Fsp3) is 0.792. The molecule has 0 bridgehead atoms. The Hall–Kier alpha value is -1.89. The number of hydrogen-bond donors (Lipinski definition) is 3. The van der Waals surface area contributed by atoms with E-state index in [1.807, 2.05) is 6.92 Å². The second-order valence-corrected chi connectivity index (χ2v) is 9.09. The Morgan fingerprint density at radius 3 is 1.42 bits per heavy atom. The first-order valence-electron chi connectivity index (χ1n) is 11.7. The minimum absolute atomic E-state index is 0.480. The summed E-state index contributed by atoms with van der Waals surface area (Å²) in [5, 5.41) is 27.9. The van der Waals surface area contributed by atoms with Gasteiger partial charge in [-0.2, -0.15) is 0 Å². The average molecular weight is 443 g/mol. The zero-order valence-electron chi connectivity index (χ0n) is 19.9. The number of aliphatic carboxylic acids is 3. The van der Waals surface area contributed by atoms with Crippen molar-refractivity contribution in [2.75, 3.05) is 26.2 Å². The SMILES string of the molecule is C/C=C/CCCCCC[N+](CCC(C)C(=O)O)(CCC(C)C(=O)O)CCC(C)C(=O)O. The lowest BCUT2D eigenvalue weighted by atomic mass is 10.0. The third kappa shape index (κ3) is 13.2. The molecule has 3 N–H and O–H groups in total. The van der Waals surface area contributed by atoms with Crippen LogP contribution in [0.15, 0.2) is 12.2 Å². The molecule has 7 heteroatoms. The molecule has 0 aromatic carbocycles. The van der Waals surface area contributed by atoms with Crippen LogP contribution in [0.5, 0.6) is 0 Å². The fourth-order valence-electron chi connectivity index (χ4n) is 3.67. The lowest BCUT2D eigenvalue weighted by molar-refractivity contribution is -0.929. The molecule has 0 aliphatic carbocycles. The Morgan fingerprint density at radius 2 is 1.06 bits per heavy atom. The maximum absolute atomic E-state index is 11.3. The average Bonchev–Trinajstić information content (AvgIpc) is 2.72. The Labute approximate surface area is 187 Å². The molecular formula is C24H44NO6+. The van der Waals surface area contributed by atoms with E-state index in [4.69, 9.17) is 0 Å². The molecule has 0 fully saturated rings. The molecule has 7 nitrogen and oxygen atoms in total. The van der Waals surface area contributed by atoms with Gasteiger partial charge in [-0.05, 0) is 32.6 Å². The monoisotopic (exact) mass is 442 g/mol. The fourth-order valence-corrected chi connectivity index (χ4v) is 3.67. The van der Waals surface area contributed by atoms with E-state index in [2.05, 4.69) is 12.2 Å². The Balaban J connectivity index is 5.28. The van der Waals surface area contributed by atoms with Crippen LogP contribution in [0, 0.1) is 17.8 Å². The van der Waals surface area contributed by atoms with Crippen LogP contribution in [0.2, 0.25) is 0 Å². The number of carboxylic acid groups (broad SMARTS) is 3. The van der Waals surface area contributed by atoms with E-state index in [0.717, 1.165) is 38.6 Å². The van der Waals surface area contributed by atoms with E-state index < -0.39 is 35.7 Å². The smallest absolute Gasteiger partial charge is 0.306 e. The second-order valence-electron chi connectivity index (χ2n) is 9.09. The van der Waals surface area contributed by atoms with Crippen LogP contribution < -0.4 is 0 Å². The van der Waals surface area contributed by atoms with Gasteiger partial charge in [0.05, 0.1) is 43.9 Å². The van der Waals surface area contributed by atoms with Gasteiger partial charge in [0.1, 0.15) is 0 Å². The number of rotatable bonds is 19. The molecule has 0 rings (SSSR count). The number of quaternary nitrogens is 1. The first-order valence-corrected chi connectivity index (χ1v) is 11.7. The molecule has 31 heavy (non-hydrogen) atoms. The summed E-state index contributed by atoms with van der Waals surface area (Å²) >= 11 is 0. The first-order chi connectivity index (χ1) is 14.5. The zero-order valence-corrected chi connectivity index (χ0v) is 19.9. The van der Waals surface area contributed by atoms with Crippen LogP contribution in [0.1, 0.15) is 79.1 Å². The normalized spacial score (nSPS) is 16.5. The third-order valence-electron chi connectivity index (χ3n) is 6.36. The summed E-state index contributed by atoms with van der Waals surface area (Å²) in [6.45, 7) is 9.81. The summed E-state index contributed by atoms with van der Waals surface area (Å²) < 4.78 is 0.599. The third-order valence-corrected chi connectivity index (χ3v) is 6.36. The van der Waals surface area contributed by atoms with Crippen molar-refractivity contribution in [2.24, 2.45) is 17.8 Å². The van der Waals surface area contributed by atoms with Gasteiger partial charge < -0.3 is 19.8 Å². The minimum atomic E-state index is -0.833. The van der Waals surface area contributed by atoms with Crippen molar-refractivity contribution in [1.29, 1.82) is 0 Å². The lowest BCUT2D eigenvalue weighted by Crippen LogP contribution is -2.52. The van der Waals surface area contributed by atoms with E-state index in [0.29, 0.717) is 43.4 Å². The highest BCUT2D eigenvalue weighted by atomic mass is 16.4. The molecular weight excluding hydrogens is 398 g/mol. The largest absolute Gasteiger partial charge is 0.481 e. The molecule has 0 aromatic heterocycles. The van der Waals surface area contributed by atoms with E-state index in [9.17, 15) is 29.7 Å². The van der Waals surface area contributed by atoms with Crippen LogP contribution >= 0.6 is 0 Å². The summed E-state index contributed by atoms with van der Waals surface area (Å²) in [6, 6.07) is 0. The number of allylic oxidation sites excluding steroid dienone is 2. The summed E-state index contributed by atoms with van der Waals surface area (Å²) in [5.74, 6) is -3.94. The number of carboxylic acids is 3. The maximum Gasteiger partial charge on any atom is 0.306 e. The predicted octanol–water partition coefficient (Wildman–Crippen LogP) is 4.66. The molecule has 0 radical (unpaired) electrons. The summed E-state index contributed by atoms with van der Waals surface area (Å²) in [6.07, 6.45) is 11.1. The lowest BCUT2D eigenvalue weighted by Gasteiger charge is -2.40. The van der Waals surface area contributed by atoms with Crippen molar-refractivity contribution >= 4 is 17.9 Å². The Bertz CT molecular complexity index is 515. The molecule has 3 atom stereocenters. The molecule has 0 aliphatic rings. The first kappa shape index (κ1) is 29.1. The minimum Gasteiger partial charge on any atom is -0.481 e. The Morgan fingerprint density at radius 1 is 0.677 bits per heavy atom. The highest BCUT2D eigenvalue weighted by Gasteiger charge is 2.31. The zero-order chi connectivity index (χ0) is 23.9. The van der Waals surface area contributed by atoms with Gasteiger partial charge in [-0.15, -0.1) is 0 Å². The predicted molar refractivity (Wildman–Crippen MR) is 122 cm³/mol. The highest BCUT2D eigenvalue weighted by molar-refractivity contribution is 5.70. The van der Waals surface area contributed by atoms with Crippen LogP contribution in [0.3, 0.4) is 0 Å². The quantitative estimate of drug-likeness (QED) is 0.152. The standard InChI is InChI=1S/C24H43NO6/c1-5-6-7-8-9-10-11-15-25(16-12-19(2)22(26)27,17-13-20(3)23(28)29)18-14-21(4)24(30)31/h5-6,19-21H,7-18H2,1-4H3,(H2-,26,27,28,29,30,31)/p+1/b6-5+. The van der Waals surface area contributed by atoms with E-state index in [1.54, 1.807) is 20.8 Å². The van der Waals surface area contributed by atoms with Crippen LogP contribution in [0.4, 0.5) is 0 Å². The number of unbranched alkanes of at least 4 members (excludes halogenated alkanes) is 4. The van der Waals surface area contributed by atoms with Gasteiger partial charge in [-0.3, -0.25) is 14.4 Å². The van der Waals surface area contributed by atoms with Gasteiger partial charge in [-0.1, -0.05) is 39.3 Å². The molecule has 0 aromatic rings. The molecule has 0 spiro atoms. The number of carbonyl (C=O) groups is 3. The van der Waals surface area contributed by atoms with Gasteiger partial charge in [0.25, 0.3) is 0 Å². The van der Waals surface area contributed by atoms with Crippen LogP contribution in [-0.2, 0) is 14.4 Å². The second kappa shape index (κ2) is 15.8. The van der Waals surface area contributed by atoms with Gasteiger partial charge >= 0.3 is 17.9 Å². The molecule has 3 unspecified atom stereocenters. The molecule has 0 saturated carbocycles. The van der Waals surface area contributed by atoms with Crippen LogP contribution in [-0.4, -0.2) is 63.9 Å². The highest BCUT2D eigenvalue weighted by Crippen LogP contribution is 2.21. The van der Waals surface area contributed by atoms with E-state index in [-0.39, 0.29) is 0 Å². The van der Waals surface area contributed by atoms with Gasteiger partial charge in [0.2, 0.25) is 0 Å². The topological polar surface area (TPSA) is 112 Å².